The molecule has 4 nitrogen and oxygen atoms in total. The average Bonchev–Trinajstić information content (AvgIpc) is 2.79. The number of hydrogen-bond acceptors (Lipinski definition) is 2. The summed E-state index contributed by atoms with van der Waals surface area (Å²) in [6.07, 6.45) is 0.720. The van der Waals surface area contributed by atoms with Crippen molar-refractivity contribution >= 4 is 11.8 Å². The first-order valence-electron chi connectivity index (χ1n) is 11.6. The quantitative estimate of drug-likeness (QED) is 0.506. The highest BCUT2D eigenvalue weighted by Gasteiger charge is 2.30. The Kier molecular flexibility index (Phi) is 8.42. The highest BCUT2D eigenvalue weighted by molar-refractivity contribution is 5.89. The van der Waals surface area contributed by atoms with Gasteiger partial charge in [0.05, 0.1) is 6.42 Å². The van der Waals surface area contributed by atoms with Gasteiger partial charge in [-0.3, -0.25) is 9.59 Å². The molecular formula is C29H34N2O2. The van der Waals surface area contributed by atoms with Crippen LogP contribution in [0.15, 0.2) is 78.9 Å². The van der Waals surface area contributed by atoms with Crippen LogP contribution in [0.1, 0.15) is 41.7 Å². The maximum absolute atomic E-state index is 13.6. The first kappa shape index (κ1) is 24.2. The second-order valence-electron chi connectivity index (χ2n) is 9.04. The van der Waals surface area contributed by atoms with Crippen molar-refractivity contribution in [1.82, 2.24) is 10.2 Å². The van der Waals surface area contributed by atoms with Crippen molar-refractivity contribution in [2.45, 2.75) is 59.2 Å². The summed E-state index contributed by atoms with van der Waals surface area (Å²) < 4.78 is 0. The van der Waals surface area contributed by atoms with Gasteiger partial charge in [0.1, 0.15) is 6.04 Å². The van der Waals surface area contributed by atoms with E-state index in [1.54, 1.807) is 4.90 Å². The molecule has 0 heterocycles. The Balaban J connectivity index is 1.95. The van der Waals surface area contributed by atoms with Gasteiger partial charge in [-0.25, -0.2) is 0 Å². The van der Waals surface area contributed by atoms with Gasteiger partial charge >= 0.3 is 0 Å². The van der Waals surface area contributed by atoms with E-state index in [9.17, 15) is 9.59 Å². The van der Waals surface area contributed by atoms with Gasteiger partial charge < -0.3 is 10.2 Å². The molecule has 172 valence electrons. The van der Waals surface area contributed by atoms with Crippen molar-refractivity contribution in [2.75, 3.05) is 0 Å². The van der Waals surface area contributed by atoms with E-state index in [2.05, 4.69) is 5.32 Å². The van der Waals surface area contributed by atoms with Crippen molar-refractivity contribution in [2.24, 2.45) is 0 Å². The van der Waals surface area contributed by atoms with Crippen LogP contribution in [0.2, 0.25) is 0 Å². The highest BCUT2D eigenvalue weighted by atomic mass is 16.2. The molecule has 0 aromatic heterocycles. The third-order valence-electron chi connectivity index (χ3n) is 5.65. The molecule has 0 saturated heterocycles. The second-order valence-corrected chi connectivity index (χ2v) is 9.04. The molecule has 0 bridgehead atoms. The van der Waals surface area contributed by atoms with E-state index < -0.39 is 6.04 Å². The number of carbonyl (C=O) groups excluding carboxylic acids is 2. The number of rotatable bonds is 9. The summed E-state index contributed by atoms with van der Waals surface area (Å²) in [6, 6.07) is 25.4. The lowest BCUT2D eigenvalue weighted by Gasteiger charge is -2.32. The van der Waals surface area contributed by atoms with E-state index >= 15 is 0 Å². The van der Waals surface area contributed by atoms with Gasteiger partial charge in [0.15, 0.2) is 0 Å². The summed E-state index contributed by atoms with van der Waals surface area (Å²) in [5.41, 5.74) is 5.30. The highest BCUT2D eigenvalue weighted by Crippen LogP contribution is 2.17. The Morgan fingerprint density at radius 1 is 0.758 bits per heavy atom. The van der Waals surface area contributed by atoms with Crippen LogP contribution in [0.4, 0.5) is 0 Å². The first-order chi connectivity index (χ1) is 15.8. The minimum Gasteiger partial charge on any atom is -0.352 e. The predicted octanol–water partition coefficient (Wildman–Crippen LogP) is 5.01. The minimum atomic E-state index is -0.603. The van der Waals surface area contributed by atoms with Gasteiger partial charge in [0.25, 0.3) is 0 Å². The summed E-state index contributed by atoms with van der Waals surface area (Å²) in [7, 11) is 0. The number of hydrogen-bond donors (Lipinski definition) is 1. The molecule has 0 radical (unpaired) electrons. The van der Waals surface area contributed by atoms with E-state index in [-0.39, 0.29) is 24.3 Å². The van der Waals surface area contributed by atoms with Crippen LogP contribution in [0.3, 0.4) is 0 Å². The largest absolute Gasteiger partial charge is 0.352 e. The van der Waals surface area contributed by atoms with Crippen LogP contribution in [0.5, 0.6) is 0 Å². The molecule has 4 heteroatoms. The fourth-order valence-corrected chi connectivity index (χ4v) is 3.81. The fourth-order valence-electron chi connectivity index (χ4n) is 3.81. The molecule has 3 aromatic rings. The van der Waals surface area contributed by atoms with E-state index in [4.69, 9.17) is 0 Å². The zero-order chi connectivity index (χ0) is 23.8. The van der Waals surface area contributed by atoms with Gasteiger partial charge in [-0.15, -0.1) is 0 Å². The normalized spacial score (nSPS) is 11.8. The molecular weight excluding hydrogens is 408 g/mol. The number of nitrogens with one attached hydrogen (secondary N) is 1. The van der Waals surface area contributed by atoms with Crippen LogP contribution < -0.4 is 5.32 Å². The third kappa shape index (κ3) is 7.31. The molecule has 0 fully saturated rings. The number of carbonyl (C=O) groups is 2. The van der Waals surface area contributed by atoms with Gasteiger partial charge in [-0.05, 0) is 44.4 Å². The Hall–Kier alpha value is -3.40. The average molecular weight is 443 g/mol. The molecule has 3 aromatic carbocycles. The summed E-state index contributed by atoms with van der Waals surface area (Å²) >= 11 is 0. The summed E-state index contributed by atoms with van der Waals surface area (Å²) in [4.78, 5) is 28.7. The Labute approximate surface area is 197 Å². The standard InChI is InChI=1S/C29H34N2O2/c1-21(2)30-29(33)27(18-24-8-6-5-7-9-24)31(20-26-16-12-23(4)13-17-26)28(32)19-25-14-10-22(3)11-15-25/h5-17,21,27H,18-20H2,1-4H3,(H,30,33)/t27-/m1/s1. The Morgan fingerprint density at radius 2 is 1.30 bits per heavy atom. The lowest BCUT2D eigenvalue weighted by Crippen LogP contribution is -2.52. The molecule has 0 unspecified atom stereocenters. The molecule has 0 aliphatic rings. The number of amides is 2. The van der Waals surface area contributed by atoms with Crippen LogP contribution in [0.25, 0.3) is 0 Å². The van der Waals surface area contributed by atoms with Crippen LogP contribution in [-0.4, -0.2) is 28.8 Å². The molecule has 1 atom stereocenters. The van der Waals surface area contributed by atoms with E-state index in [1.807, 2.05) is 107 Å². The van der Waals surface area contributed by atoms with Crippen molar-refractivity contribution in [3.05, 3.63) is 107 Å². The van der Waals surface area contributed by atoms with E-state index in [1.165, 1.54) is 0 Å². The number of nitrogens with zero attached hydrogens (tertiary/aromatic N) is 1. The molecule has 0 spiro atoms. The second kappa shape index (κ2) is 11.5. The van der Waals surface area contributed by atoms with Crippen LogP contribution >= 0.6 is 0 Å². The molecule has 2 amide bonds. The van der Waals surface area contributed by atoms with Gasteiger partial charge in [-0.1, -0.05) is 90.0 Å². The molecule has 33 heavy (non-hydrogen) atoms. The maximum Gasteiger partial charge on any atom is 0.243 e. The summed E-state index contributed by atoms with van der Waals surface area (Å²) in [5.74, 6) is -0.183. The number of aryl methyl sites for hydroxylation is 2. The monoisotopic (exact) mass is 442 g/mol. The summed E-state index contributed by atoms with van der Waals surface area (Å²) in [6.45, 7) is 8.33. The zero-order valence-electron chi connectivity index (χ0n) is 20.0. The third-order valence-corrected chi connectivity index (χ3v) is 5.65. The fraction of sp³-hybridized carbons (Fsp3) is 0.310. The zero-order valence-corrected chi connectivity index (χ0v) is 20.0. The van der Waals surface area contributed by atoms with Crippen molar-refractivity contribution in [3.8, 4) is 0 Å². The molecule has 3 rings (SSSR count). The SMILES string of the molecule is Cc1ccc(CC(=O)N(Cc2ccc(C)cc2)[C@H](Cc2ccccc2)C(=O)NC(C)C)cc1. The van der Waals surface area contributed by atoms with Gasteiger partial charge in [0.2, 0.25) is 11.8 Å². The Bertz CT molecular complexity index is 1040. The smallest absolute Gasteiger partial charge is 0.243 e. The van der Waals surface area contributed by atoms with Crippen molar-refractivity contribution < 1.29 is 9.59 Å². The molecule has 0 aliphatic heterocycles. The molecule has 1 N–H and O–H groups in total. The van der Waals surface area contributed by atoms with Crippen molar-refractivity contribution in [1.29, 1.82) is 0 Å². The first-order valence-corrected chi connectivity index (χ1v) is 11.6. The van der Waals surface area contributed by atoms with Crippen LogP contribution in [0, 0.1) is 13.8 Å². The van der Waals surface area contributed by atoms with E-state index in [0.29, 0.717) is 13.0 Å². The molecule has 0 saturated carbocycles. The van der Waals surface area contributed by atoms with E-state index in [0.717, 1.165) is 27.8 Å². The lowest BCUT2D eigenvalue weighted by molar-refractivity contribution is -0.141. The Morgan fingerprint density at radius 3 is 1.85 bits per heavy atom. The van der Waals surface area contributed by atoms with Crippen LogP contribution in [-0.2, 0) is 29.0 Å². The minimum absolute atomic E-state index is 0.0100. The lowest BCUT2D eigenvalue weighted by atomic mass is 10.0. The predicted molar refractivity (Wildman–Crippen MR) is 134 cm³/mol. The van der Waals surface area contributed by atoms with Gasteiger partial charge in [0, 0.05) is 19.0 Å². The summed E-state index contributed by atoms with van der Waals surface area (Å²) in [5, 5.41) is 3.03. The van der Waals surface area contributed by atoms with Crippen molar-refractivity contribution in [3.63, 3.8) is 0 Å². The topological polar surface area (TPSA) is 49.4 Å². The number of benzene rings is 3. The maximum atomic E-state index is 13.6. The van der Waals surface area contributed by atoms with Gasteiger partial charge in [-0.2, -0.15) is 0 Å². The molecule has 0 aliphatic carbocycles.